The molecule has 12 heteroatoms. The van der Waals surface area contributed by atoms with E-state index in [4.69, 9.17) is 47.3 Å². The van der Waals surface area contributed by atoms with Crippen molar-refractivity contribution in [2.75, 3.05) is 13.1 Å². The number of hydrogen-bond acceptors (Lipinski definition) is 6. The average molecular weight is 1050 g/mol. The zero-order chi connectivity index (χ0) is 35.5. The molecule has 0 N–H and O–H groups in total. The standard InChI is InChI=1S/2C14H33NP2.4CN.2Pt/c2*1-10-15(16(11(2)3)12(4)5)17(13(6)7)14(8)9;4*1-2;;/h2*11-14H,10H2,1-9H3;;;;;;/q;;4*-1;;/p+4. The first kappa shape index (κ1) is 63.6. The van der Waals surface area contributed by atoms with Crippen LogP contribution in [0.5, 0.6) is 0 Å². The van der Waals surface area contributed by atoms with E-state index < -0.39 is 0 Å². The molecule has 0 aliphatic carbocycles. The Morgan fingerprint density at radius 1 is 0.341 bits per heavy atom. The molecule has 0 heterocycles. The van der Waals surface area contributed by atoms with Crippen molar-refractivity contribution in [2.45, 2.75) is 170 Å². The molecule has 0 atom stereocenters. The monoisotopic (exact) mass is 1050 g/mol. The van der Waals surface area contributed by atoms with Crippen molar-refractivity contribution in [3.05, 3.63) is 26.3 Å². The molecule has 0 aromatic carbocycles. The van der Waals surface area contributed by atoms with E-state index in [-0.39, 0.29) is 74.4 Å². The van der Waals surface area contributed by atoms with Crippen molar-refractivity contribution in [1.82, 2.24) is 8.88 Å². The summed E-state index contributed by atoms with van der Waals surface area (Å²) in [7, 11) is -1.51. The second kappa shape index (κ2) is 40.2. The predicted molar refractivity (Wildman–Crippen MR) is 199 cm³/mol. The zero-order valence-corrected chi connectivity index (χ0v) is 39.9. The minimum absolute atomic E-state index is 0. The van der Waals surface area contributed by atoms with Crippen LogP contribution in [0, 0.1) is 47.3 Å². The summed E-state index contributed by atoms with van der Waals surface area (Å²) < 4.78 is 5.92. The minimum Gasteiger partial charge on any atom is -0.512 e. The molecule has 0 radical (unpaired) electrons. The van der Waals surface area contributed by atoms with Crippen molar-refractivity contribution >= 4 is 32.3 Å². The molecule has 0 saturated carbocycles. The van der Waals surface area contributed by atoms with Gasteiger partial charge in [-0.3, -0.25) is 0 Å². The molecular formula is C32H70N6P4Pt2. The van der Waals surface area contributed by atoms with Crippen LogP contribution in [0.15, 0.2) is 0 Å². The molecule has 0 bridgehead atoms. The summed E-state index contributed by atoms with van der Waals surface area (Å²) in [5, 5.41) is 25.0. The van der Waals surface area contributed by atoms with E-state index in [0.717, 1.165) is 45.3 Å². The average Bonchev–Trinajstić information content (AvgIpc) is 2.91. The summed E-state index contributed by atoms with van der Waals surface area (Å²) in [6.45, 7) is 65.1. The van der Waals surface area contributed by atoms with Gasteiger partial charge in [-0.15, -0.1) is 0 Å². The molecule has 0 unspecified atom stereocenters. The summed E-state index contributed by atoms with van der Waals surface area (Å²) in [5.74, 6) is 0. The predicted octanol–water partition coefficient (Wildman–Crippen LogP) is 10.8. The van der Waals surface area contributed by atoms with Crippen LogP contribution in [-0.4, -0.2) is 67.2 Å². The summed E-state index contributed by atoms with van der Waals surface area (Å²) >= 11 is 0. The molecule has 0 rings (SSSR count). The van der Waals surface area contributed by atoms with Crippen LogP contribution < -0.4 is 0 Å². The Labute approximate surface area is 311 Å². The maximum absolute atomic E-state index is 6.25. The SMILES string of the molecule is CCN([PH+](C(C)C)C(C)C)[PH+](C(C)C)C(C)C.CCN([PH+](C(C)C)C(C)C)[PH+](C(C)C)C(C)C.[C-]#N.[C-]#N.[C-]#N.[C-]#N.[Pt].[Pt]. The van der Waals surface area contributed by atoms with Gasteiger partial charge in [0.1, 0.15) is 32.3 Å². The van der Waals surface area contributed by atoms with Gasteiger partial charge >= 0.3 is 0 Å². The van der Waals surface area contributed by atoms with E-state index in [1.54, 1.807) is 0 Å². The molecule has 0 aliphatic heterocycles. The van der Waals surface area contributed by atoms with Gasteiger partial charge in [0.2, 0.25) is 0 Å². The van der Waals surface area contributed by atoms with Crippen LogP contribution in [-0.2, 0) is 42.1 Å². The Morgan fingerprint density at radius 2 is 0.432 bits per heavy atom. The maximum atomic E-state index is 6.25. The van der Waals surface area contributed by atoms with E-state index in [2.05, 4.69) is 134 Å². The molecule has 268 valence electrons. The van der Waals surface area contributed by atoms with Crippen LogP contribution in [0.25, 0.3) is 0 Å². The van der Waals surface area contributed by atoms with E-state index in [0.29, 0.717) is 0 Å². The quantitative estimate of drug-likeness (QED) is 0.127. The molecule has 0 saturated heterocycles. The van der Waals surface area contributed by atoms with E-state index in [9.17, 15) is 0 Å². The second-order valence-electron chi connectivity index (χ2n) is 12.4. The molecule has 0 aromatic rings. The summed E-state index contributed by atoms with van der Waals surface area (Å²) in [6.07, 6.45) is 0. The molecule has 0 amide bonds. The van der Waals surface area contributed by atoms with E-state index in [1.807, 2.05) is 0 Å². The summed E-state index contributed by atoms with van der Waals surface area (Å²) in [6, 6.07) is 0. The van der Waals surface area contributed by atoms with Crippen molar-refractivity contribution in [1.29, 1.82) is 21.0 Å². The minimum atomic E-state index is -0.377. The van der Waals surface area contributed by atoms with Crippen LogP contribution in [0.2, 0.25) is 0 Å². The van der Waals surface area contributed by atoms with Gasteiger partial charge in [0.25, 0.3) is 0 Å². The summed E-state index contributed by atoms with van der Waals surface area (Å²) in [5.41, 5.74) is 6.87. The maximum Gasteiger partial charge on any atom is 0.113 e. The number of nitrogens with zero attached hydrogens (tertiary/aromatic N) is 6. The molecule has 6 nitrogen and oxygen atoms in total. The first-order valence-corrected chi connectivity index (χ1v) is 21.8. The molecule has 0 fully saturated rings. The third-order valence-corrected chi connectivity index (χ3v) is 22.9. The van der Waals surface area contributed by atoms with Crippen LogP contribution in [0.1, 0.15) is 125 Å². The van der Waals surface area contributed by atoms with Gasteiger partial charge in [-0.2, -0.15) is 0 Å². The third-order valence-electron chi connectivity index (χ3n) is 6.61. The molecule has 0 spiro atoms. The van der Waals surface area contributed by atoms with Gasteiger partial charge in [0.15, 0.2) is 0 Å². The smallest absolute Gasteiger partial charge is 0.113 e. The molecular weight excluding hydrogens is 982 g/mol. The van der Waals surface area contributed by atoms with Crippen molar-refractivity contribution in [2.24, 2.45) is 0 Å². The fraction of sp³-hybridized carbons (Fsp3) is 0.875. The number of rotatable bonds is 14. The largest absolute Gasteiger partial charge is 0.512 e. The van der Waals surface area contributed by atoms with Crippen LogP contribution >= 0.6 is 32.3 Å². The van der Waals surface area contributed by atoms with Gasteiger partial charge in [-0.25, -0.2) is 0 Å². The topological polar surface area (TPSA) is 102 Å². The Morgan fingerprint density at radius 3 is 0.477 bits per heavy atom. The third kappa shape index (κ3) is 27.0. The van der Waals surface area contributed by atoms with Gasteiger partial charge in [0.05, 0.1) is 58.4 Å². The molecule has 0 aromatic heterocycles. The number of hydrogen-bond donors (Lipinski definition) is 0. The van der Waals surface area contributed by atoms with E-state index in [1.165, 1.54) is 13.1 Å². The molecule has 0 aliphatic rings. The van der Waals surface area contributed by atoms with E-state index >= 15 is 0 Å². The van der Waals surface area contributed by atoms with Crippen LogP contribution in [0.3, 0.4) is 0 Å². The van der Waals surface area contributed by atoms with Crippen molar-refractivity contribution in [3.63, 3.8) is 0 Å². The Balaban J connectivity index is -0.0000000768. The van der Waals surface area contributed by atoms with Gasteiger partial charge in [0, 0.05) is 42.1 Å². The van der Waals surface area contributed by atoms with Gasteiger partial charge in [-0.05, 0) is 125 Å². The zero-order valence-electron chi connectivity index (χ0n) is 31.3. The Kier molecular flexibility index (Phi) is 58.1. The molecule has 44 heavy (non-hydrogen) atoms. The van der Waals surface area contributed by atoms with Crippen molar-refractivity contribution < 1.29 is 42.1 Å². The van der Waals surface area contributed by atoms with Gasteiger partial charge < -0.3 is 47.3 Å². The van der Waals surface area contributed by atoms with Gasteiger partial charge in [-0.1, -0.05) is 8.88 Å². The summed E-state index contributed by atoms with van der Waals surface area (Å²) in [4.78, 5) is 0. The fourth-order valence-electron chi connectivity index (χ4n) is 6.19. The first-order chi connectivity index (χ1) is 19.5. The normalized spacial score (nSPS) is 10.5. The Bertz CT molecular complexity index is 530. The second-order valence-corrected chi connectivity index (χ2v) is 28.1. The van der Waals surface area contributed by atoms with Crippen LogP contribution in [0.4, 0.5) is 0 Å². The van der Waals surface area contributed by atoms with Crippen molar-refractivity contribution in [3.8, 4) is 0 Å². The first-order valence-electron chi connectivity index (χ1n) is 15.4. The fourth-order valence-corrected chi connectivity index (χ4v) is 26.6. The Hall–Kier alpha value is 0.977.